The number of rotatable bonds is 3. The molecule has 0 aromatic heterocycles. The third-order valence-electron chi connectivity index (χ3n) is 4.54. The molecule has 0 atom stereocenters. The Labute approximate surface area is 180 Å². The van der Waals surface area contributed by atoms with Gasteiger partial charge in [0.2, 0.25) is 0 Å². The van der Waals surface area contributed by atoms with Crippen LogP contribution in [0.25, 0.3) is 0 Å². The molecule has 1 amide bonds. The average molecular weight is 445 g/mol. The van der Waals surface area contributed by atoms with Gasteiger partial charge >= 0.3 is 18.4 Å². The van der Waals surface area contributed by atoms with Gasteiger partial charge in [-0.1, -0.05) is 12.1 Å². The molecule has 174 valence electrons. The highest BCUT2D eigenvalue weighted by atomic mass is 19.4. The Morgan fingerprint density at radius 3 is 1.90 bits per heavy atom. The van der Waals surface area contributed by atoms with Gasteiger partial charge in [0.15, 0.2) is 0 Å². The van der Waals surface area contributed by atoms with Gasteiger partial charge in [0, 0.05) is 0 Å². The van der Waals surface area contributed by atoms with Crippen molar-refractivity contribution in [1.82, 2.24) is 5.06 Å². The van der Waals surface area contributed by atoms with Crippen LogP contribution < -0.4 is 0 Å². The molecule has 31 heavy (non-hydrogen) atoms. The molecule has 0 unspecified atom stereocenters. The van der Waals surface area contributed by atoms with Crippen molar-refractivity contribution in [2.24, 2.45) is 5.92 Å². The van der Waals surface area contributed by atoms with Gasteiger partial charge in [0.1, 0.15) is 11.2 Å². The fourth-order valence-electron chi connectivity index (χ4n) is 3.16. The second-order valence-corrected chi connectivity index (χ2v) is 9.75. The maximum absolute atomic E-state index is 12.7. The zero-order valence-corrected chi connectivity index (χ0v) is 18.7. The summed E-state index contributed by atoms with van der Waals surface area (Å²) in [4.78, 5) is 29.6. The van der Waals surface area contributed by atoms with Gasteiger partial charge in [-0.15, -0.1) is 5.06 Å². The van der Waals surface area contributed by atoms with Gasteiger partial charge in [-0.2, -0.15) is 13.2 Å². The summed E-state index contributed by atoms with van der Waals surface area (Å²) in [6.07, 6.45) is -4.91. The van der Waals surface area contributed by atoms with E-state index in [9.17, 15) is 22.8 Å². The number of ether oxygens (including phenoxy) is 2. The van der Waals surface area contributed by atoms with Crippen LogP contribution in [0.4, 0.5) is 22.8 Å². The summed E-state index contributed by atoms with van der Waals surface area (Å²) in [5.41, 5.74) is -1.45. The molecule has 1 aromatic rings. The Hall–Kier alpha value is -2.45. The highest BCUT2D eigenvalue weighted by Gasteiger charge is 2.37. The molecule has 1 fully saturated rings. The molecule has 0 spiro atoms. The summed E-state index contributed by atoms with van der Waals surface area (Å²) in [5, 5.41) is 0.854. The molecule has 0 aliphatic heterocycles. The Kier molecular flexibility index (Phi) is 7.17. The molecule has 2 rings (SSSR count). The highest BCUT2D eigenvalue weighted by Crippen LogP contribution is 2.43. The second kappa shape index (κ2) is 8.96. The summed E-state index contributed by atoms with van der Waals surface area (Å²) in [7, 11) is 0. The topological polar surface area (TPSA) is 65.1 Å². The lowest BCUT2D eigenvalue weighted by molar-refractivity contribution is -0.145. The van der Waals surface area contributed by atoms with E-state index in [1.165, 1.54) is 12.1 Å². The molecule has 0 N–H and O–H groups in total. The first kappa shape index (κ1) is 24.8. The van der Waals surface area contributed by atoms with E-state index in [0.717, 1.165) is 22.8 Å². The fourth-order valence-corrected chi connectivity index (χ4v) is 3.16. The van der Waals surface area contributed by atoms with Crippen molar-refractivity contribution in [1.29, 1.82) is 0 Å². The summed E-state index contributed by atoms with van der Waals surface area (Å²) in [5.74, 6) is 0.0801. The van der Waals surface area contributed by atoms with Crippen molar-refractivity contribution in [3.05, 3.63) is 35.4 Å². The van der Waals surface area contributed by atoms with Crippen molar-refractivity contribution in [3.63, 3.8) is 0 Å². The molecule has 0 saturated heterocycles. The summed E-state index contributed by atoms with van der Waals surface area (Å²) >= 11 is 0. The van der Waals surface area contributed by atoms with Crippen LogP contribution in [0.1, 0.15) is 71.4 Å². The minimum absolute atomic E-state index is 0.00208. The van der Waals surface area contributed by atoms with Crippen LogP contribution >= 0.6 is 0 Å². The van der Waals surface area contributed by atoms with E-state index in [0.29, 0.717) is 12.8 Å². The number of carbonyl (C=O) groups excluding carboxylic acids is 2. The van der Waals surface area contributed by atoms with E-state index >= 15 is 0 Å². The van der Waals surface area contributed by atoms with Gasteiger partial charge in [0.25, 0.3) is 0 Å². The van der Waals surface area contributed by atoms with Gasteiger partial charge in [0.05, 0.1) is 12.1 Å². The molecule has 0 bridgehead atoms. The predicted octanol–water partition coefficient (Wildman–Crippen LogP) is 6.30. The SMILES string of the molecule is CC(C)(C)OC(=O)ON(CC1CC(c2ccc(C(F)(F)F)cc2)C1)C(=O)OC(C)(C)C. The van der Waals surface area contributed by atoms with E-state index in [-0.39, 0.29) is 18.4 Å². The molecule has 1 saturated carbocycles. The third kappa shape index (κ3) is 7.95. The van der Waals surface area contributed by atoms with Crippen molar-refractivity contribution >= 4 is 12.2 Å². The first-order chi connectivity index (χ1) is 14.0. The van der Waals surface area contributed by atoms with E-state index < -0.39 is 35.2 Å². The normalized spacial score (nSPS) is 19.3. The number of alkyl halides is 3. The van der Waals surface area contributed by atoms with Crippen LogP contribution in [0.3, 0.4) is 0 Å². The minimum Gasteiger partial charge on any atom is -0.442 e. The van der Waals surface area contributed by atoms with Gasteiger partial charge in [-0.25, -0.2) is 9.59 Å². The monoisotopic (exact) mass is 445 g/mol. The van der Waals surface area contributed by atoms with Crippen LogP contribution in [-0.2, 0) is 20.5 Å². The highest BCUT2D eigenvalue weighted by molar-refractivity contribution is 5.70. The zero-order chi connectivity index (χ0) is 23.6. The van der Waals surface area contributed by atoms with Crippen molar-refractivity contribution in [2.75, 3.05) is 6.54 Å². The standard InChI is InChI=1S/C22H30F3NO5/c1-20(2,3)29-18(27)26(31-19(28)30-21(4,5)6)13-14-11-16(12-14)15-7-9-17(10-8-15)22(23,24)25/h7-10,14,16H,11-13H2,1-6H3. The molecular weight excluding hydrogens is 415 g/mol. The van der Waals surface area contributed by atoms with Crippen LogP contribution in [0.15, 0.2) is 24.3 Å². The Morgan fingerprint density at radius 2 is 1.45 bits per heavy atom. The van der Waals surface area contributed by atoms with Gasteiger partial charge < -0.3 is 14.3 Å². The smallest absolute Gasteiger partial charge is 0.442 e. The number of amides is 1. The first-order valence-corrected chi connectivity index (χ1v) is 10.1. The van der Waals surface area contributed by atoms with Crippen LogP contribution in [0.5, 0.6) is 0 Å². The maximum Gasteiger partial charge on any atom is 0.534 e. The number of halogens is 3. The molecule has 6 nitrogen and oxygen atoms in total. The Morgan fingerprint density at radius 1 is 0.935 bits per heavy atom. The lowest BCUT2D eigenvalue weighted by Gasteiger charge is -2.38. The van der Waals surface area contributed by atoms with Crippen molar-refractivity contribution in [2.45, 2.75) is 77.7 Å². The minimum atomic E-state index is -4.37. The lowest BCUT2D eigenvalue weighted by atomic mass is 9.71. The molecule has 1 aliphatic carbocycles. The summed E-state index contributed by atoms with van der Waals surface area (Å²) in [6, 6.07) is 5.10. The number of benzene rings is 1. The van der Waals surface area contributed by atoms with E-state index in [1.807, 2.05) is 0 Å². The van der Waals surface area contributed by atoms with E-state index in [4.69, 9.17) is 14.3 Å². The molecular formula is C22H30F3NO5. The number of nitrogens with zero attached hydrogens (tertiary/aromatic N) is 1. The second-order valence-electron chi connectivity index (χ2n) is 9.75. The van der Waals surface area contributed by atoms with E-state index in [2.05, 4.69) is 0 Å². The Balaban J connectivity index is 1.98. The fraction of sp³-hybridized carbons (Fsp3) is 0.636. The molecule has 0 heterocycles. The third-order valence-corrected chi connectivity index (χ3v) is 4.54. The summed E-state index contributed by atoms with van der Waals surface area (Å²) in [6.45, 7) is 10.2. The summed E-state index contributed by atoms with van der Waals surface area (Å²) < 4.78 is 48.6. The number of hydrogen-bond acceptors (Lipinski definition) is 5. The van der Waals surface area contributed by atoms with E-state index in [1.54, 1.807) is 41.5 Å². The van der Waals surface area contributed by atoms with Gasteiger partial charge in [-0.3, -0.25) is 0 Å². The lowest BCUT2D eigenvalue weighted by Crippen LogP contribution is -2.44. The zero-order valence-electron chi connectivity index (χ0n) is 18.7. The average Bonchev–Trinajstić information content (AvgIpc) is 2.52. The maximum atomic E-state index is 12.7. The number of hydrogen-bond donors (Lipinski definition) is 0. The van der Waals surface area contributed by atoms with Gasteiger partial charge in [-0.05, 0) is 83.9 Å². The largest absolute Gasteiger partial charge is 0.534 e. The number of hydroxylamine groups is 2. The predicted molar refractivity (Wildman–Crippen MR) is 107 cm³/mol. The van der Waals surface area contributed by atoms with Crippen LogP contribution in [-0.4, -0.2) is 35.1 Å². The molecule has 1 aliphatic rings. The van der Waals surface area contributed by atoms with Crippen LogP contribution in [0.2, 0.25) is 0 Å². The molecule has 0 radical (unpaired) electrons. The van der Waals surface area contributed by atoms with Crippen molar-refractivity contribution < 1.29 is 37.1 Å². The molecule has 1 aromatic carbocycles. The number of carbonyl (C=O) groups is 2. The van der Waals surface area contributed by atoms with Crippen LogP contribution in [0, 0.1) is 5.92 Å². The molecule has 9 heteroatoms. The Bertz CT molecular complexity index is 772. The van der Waals surface area contributed by atoms with Crippen molar-refractivity contribution in [3.8, 4) is 0 Å². The first-order valence-electron chi connectivity index (χ1n) is 10.1. The quantitative estimate of drug-likeness (QED) is 0.403.